The lowest BCUT2D eigenvalue weighted by Gasteiger charge is -2.07. The van der Waals surface area contributed by atoms with Crippen LogP contribution in [0.2, 0.25) is 0 Å². The van der Waals surface area contributed by atoms with E-state index in [1.807, 2.05) is 0 Å². The average molecular weight is 236 g/mol. The van der Waals surface area contributed by atoms with Crippen molar-refractivity contribution in [3.8, 4) is 11.1 Å². The Bertz CT molecular complexity index is 498. The summed E-state index contributed by atoms with van der Waals surface area (Å²) in [6.07, 6.45) is -2.68. The van der Waals surface area contributed by atoms with Gasteiger partial charge < -0.3 is 0 Å². The summed E-state index contributed by atoms with van der Waals surface area (Å²) < 4.78 is 37.1. The van der Waals surface area contributed by atoms with Gasteiger partial charge in [0, 0.05) is 23.5 Å². The predicted octanol–water partition coefficient (Wildman–Crippen LogP) is 3.88. The molecule has 0 aliphatic carbocycles. The van der Waals surface area contributed by atoms with E-state index in [1.54, 1.807) is 19.2 Å². The highest BCUT2D eigenvalue weighted by atomic mass is 19.4. The minimum Gasteiger partial charge on any atom is -0.260 e. The zero-order valence-corrected chi connectivity index (χ0v) is 9.05. The summed E-state index contributed by atoms with van der Waals surface area (Å²) in [5, 5.41) is 0. The van der Waals surface area contributed by atoms with Crippen LogP contribution in [-0.2, 0) is 6.18 Å². The van der Waals surface area contributed by atoms with E-state index in [2.05, 4.69) is 11.1 Å². The fourth-order valence-corrected chi connectivity index (χ4v) is 1.43. The first-order chi connectivity index (χ1) is 7.97. The minimum absolute atomic E-state index is 0.648. The average Bonchev–Trinajstić information content (AvgIpc) is 2.29. The zero-order chi connectivity index (χ0) is 12.5. The van der Waals surface area contributed by atoms with E-state index >= 15 is 0 Å². The molecule has 2 rings (SSSR count). The molecule has 0 N–H and O–H groups in total. The number of alkyl halides is 3. The summed E-state index contributed by atoms with van der Waals surface area (Å²) in [4.78, 5) is 4.05. The van der Waals surface area contributed by atoms with Crippen LogP contribution in [0.1, 0.15) is 11.3 Å². The van der Waals surface area contributed by atoms with E-state index in [9.17, 15) is 13.2 Å². The maximum atomic E-state index is 12.4. The van der Waals surface area contributed by atoms with Gasteiger partial charge in [0.05, 0.1) is 5.56 Å². The van der Waals surface area contributed by atoms with E-state index < -0.39 is 11.7 Å². The second-order valence-electron chi connectivity index (χ2n) is 3.66. The number of benzene rings is 1. The summed E-state index contributed by atoms with van der Waals surface area (Å²) in [5.41, 5.74) is 1.55. The van der Waals surface area contributed by atoms with Gasteiger partial charge in [-0.2, -0.15) is 13.2 Å². The first-order valence-corrected chi connectivity index (χ1v) is 4.99. The van der Waals surface area contributed by atoms with Crippen molar-refractivity contribution in [2.45, 2.75) is 13.1 Å². The molecule has 17 heavy (non-hydrogen) atoms. The van der Waals surface area contributed by atoms with Gasteiger partial charge in [0.25, 0.3) is 0 Å². The highest BCUT2D eigenvalue weighted by molar-refractivity contribution is 5.62. The SMILES string of the molecule is Cc1[c]cc(-c2ccc(C(F)(F)F)cc2)cn1. The quantitative estimate of drug-likeness (QED) is 0.732. The monoisotopic (exact) mass is 236 g/mol. The fraction of sp³-hybridized carbons (Fsp3) is 0.154. The molecule has 0 unspecified atom stereocenters. The van der Waals surface area contributed by atoms with Crippen molar-refractivity contribution in [2.75, 3.05) is 0 Å². The molecule has 0 bridgehead atoms. The summed E-state index contributed by atoms with van der Waals surface area (Å²) >= 11 is 0. The van der Waals surface area contributed by atoms with Crippen LogP contribution in [0.5, 0.6) is 0 Å². The van der Waals surface area contributed by atoms with E-state index in [-0.39, 0.29) is 0 Å². The largest absolute Gasteiger partial charge is 0.416 e. The lowest BCUT2D eigenvalue weighted by atomic mass is 10.1. The molecule has 1 nitrogen and oxygen atoms in total. The van der Waals surface area contributed by atoms with Crippen LogP contribution >= 0.6 is 0 Å². The van der Waals surface area contributed by atoms with Gasteiger partial charge in [0.1, 0.15) is 0 Å². The number of aryl methyl sites for hydroxylation is 1. The molecule has 0 aliphatic heterocycles. The third kappa shape index (κ3) is 2.64. The number of aromatic nitrogens is 1. The Labute approximate surface area is 96.9 Å². The molecule has 1 aromatic carbocycles. The predicted molar refractivity (Wildman–Crippen MR) is 58.2 cm³/mol. The molecule has 0 atom stereocenters. The van der Waals surface area contributed by atoms with E-state index in [0.717, 1.165) is 23.4 Å². The lowest BCUT2D eigenvalue weighted by molar-refractivity contribution is -0.137. The molecule has 0 amide bonds. The zero-order valence-electron chi connectivity index (χ0n) is 9.05. The van der Waals surface area contributed by atoms with Crippen molar-refractivity contribution in [1.29, 1.82) is 0 Å². The summed E-state index contributed by atoms with van der Waals surface area (Å²) in [5.74, 6) is 0. The molecule has 0 saturated heterocycles. The van der Waals surface area contributed by atoms with Crippen LogP contribution in [0.4, 0.5) is 13.2 Å². The molecule has 0 spiro atoms. The number of nitrogens with zero attached hydrogens (tertiary/aromatic N) is 1. The van der Waals surface area contributed by atoms with Crippen molar-refractivity contribution >= 4 is 0 Å². The number of hydrogen-bond acceptors (Lipinski definition) is 1. The van der Waals surface area contributed by atoms with Gasteiger partial charge in [-0.1, -0.05) is 12.1 Å². The summed E-state index contributed by atoms with van der Waals surface area (Å²) in [7, 11) is 0. The maximum absolute atomic E-state index is 12.4. The first-order valence-electron chi connectivity index (χ1n) is 4.99. The van der Waals surface area contributed by atoms with Crippen LogP contribution in [0, 0.1) is 13.0 Å². The van der Waals surface area contributed by atoms with Gasteiger partial charge in [0.15, 0.2) is 0 Å². The Morgan fingerprint density at radius 2 is 1.71 bits per heavy atom. The molecule has 0 aliphatic rings. The molecular formula is C13H9F3N. The third-order valence-electron chi connectivity index (χ3n) is 2.38. The van der Waals surface area contributed by atoms with Gasteiger partial charge in [-0.25, -0.2) is 0 Å². The third-order valence-corrected chi connectivity index (χ3v) is 2.38. The van der Waals surface area contributed by atoms with E-state index in [1.165, 1.54) is 12.1 Å². The van der Waals surface area contributed by atoms with Gasteiger partial charge in [0.2, 0.25) is 0 Å². The number of hydrogen-bond donors (Lipinski definition) is 0. The number of pyridine rings is 1. The van der Waals surface area contributed by atoms with Crippen LogP contribution in [0.15, 0.2) is 36.5 Å². The molecule has 1 heterocycles. The second-order valence-corrected chi connectivity index (χ2v) is 3.66. The van der Waals surface area contributed by atoms with E-state index in [4.69, 9.17) is 0 Å². The van der Waals surface area contributed by atoms with Gasteiger partial charge in [-0.15, -0.1) is 0 Å². The Morgan fingerprint density at radius 3 is 2.18 bits per heavy atom. The Balaban J connectivity index is 2.33. The molecule has 1 aromatic heterocycles. The number of rotatable bonds is 1. The highest BCUT2D eigenvalue weighted by Gasteiger charge is 2.29. The van der Waals surface area contributed by atoms with Gasteiger partial charge in [-0.3, -0.25) is 4.98 Å². The van der Waals surface area contributed by atoms with Crippen LogP contribution in [0.25, 0.3) is 11.1 Å². The molecule has 2 aromatic rings. The van der Waals surface area contributed by atoms with Crippen LogP contribution in [-0.4, -0.2) is 4.98 Å². The van der Waals surface area contributed by atoms with Crippen molar-refractivity contribution in [3.05, 3.63) is 53.9 Å². The molecule has 0 saturated carbocycles. The van der Waals surface area contributed by atoms with Crippen LogP contribution < -0.4 is 0 Å². The minimum atomic E-state index is -4.30. The van der Waals surface area contributed by atoms with Crippen molar-refractivity contribution in [3.63, 3.8) is 0 Å². The molecular weight excluding hydrogens is 227 g/mol. The fourth-order valence-electron chi connectivity index (χ4n) is 1.43. The molecule has 4 heteroatoms. The smallest absolute Gasteiger partial charge is 0.260 e. The van der Waals surface area contributed by atoms with Gasteiger partial charge >= 0.3 is 6.18 Å². The summed E-state index contributed by atoms with van der Waals surface area (Å²) in [6.45, 7) is 1.80. The number of halogens is 3. The van der Waals surface area contributed by atoms with Crippen molar-refractivity contribution in [1.82, 2.24) is 4.98 Å². The maximum Gasteiger partial charge on any atom is 0.416 e. The second kappa shape index (κ2) is 4.20. The molecule has 87 valence electrons. The van der Waals surface area contributed by atoms with Gasteiger partial charge in [-0.05, 0) is 30.7 Å². The first kappa shape index (κ1) is 11.6. The Hall–Kier alpha value is -1.84. The topological polar surface area (TPSA) is 12.9 Å². The van der Waals surface area contributed by atoms with E-state index in [0.29, 0.717) is 5.56 Å². The van der Waals surface area contributed by atoms with Crippen LogP contribution in [0.3, 0.4) is 0 Å². The Morgan fingerprint density at radius 1 is 1.06 bits per heavy atom. The highest BCUT2D eigenvalue weighted by Crippen LogP contribution is 2.30. The van der Waals surface area contributed by atoms with Crippen molar-refractivity contribution < 1.29 is 13.2 Å². The normalized spacial score (nSPS) is 11.5. The molecule has 0 fully saturated rings. The standard InChI is InChI=1S/C13H9F3N/c1-9-2-3-11(8-17-9)10-4-6-12(7-5-10)13(14,15)16/h3-8H,1H3. The molecule has 1 radical (unpaired) electrons. The summed E-state index contributed by atoms with van der Waals surface area (Å²) in [6, 6.07) is 9.62. The lowest BCUT2D eigenvalue weighted by Crippen LogP contribution is -2.03. The Kier molecular flexibility index (Phi) is 2.88. The van der Waals surface area contributed by atoms with Crippen molar-refractivity contribution in [2.24, 2.45) is 0 Å².